The van der Waals surface area contributed by atoms with Crippen LogP contribution < -0.4 is 5.73 Å². The van der Waals surface area contributed by atoms with Crippen LogP contribution >= 0.6 is 15.9 Å². The van der Waals surface area contributed by atoms with Crippen LogP contribution in [0.4, 0.5) is 5.69 Å². The number of anilines is 1. The molecule has 3 heteroatoms. The van der Waals surface area contributed by atoms with Gasteiger partial charge in [0.15, 0.2) is 5.78 Å². The fraction of sp³-hybridized carbons (Fsp3) is 0.308. The zero-order valence-electron chi connectivity index (χ0n) is 9.00. The van der Waals surface area contributed by atoms with Gasteiger partial charge in [0.1, 0.15) is 0 Å². The summed E-state index contributed by atoms with van der Waals surface area (Å²) in [7, 11) is 0. The van der Waals surface area contributed by atoms with E-state index in [1.165, 1.54) is 6.42 Å². The molecule has 2 nitrogen and oxygen atoms in total. The number of ketones is 1. The van der Waals surface area contributed by atoms with E-state index in [0.29, 0.717) is 11.3 Å². The van der Waals surface area contributed by atoms with Gasteiger partial charge in [0, 0.05) is 15.7 Å². The molecule has 1 aromatic carbocycles. The number of hydrogen-bond acceptors (Lipinski definition) is 2. The van der Waals surface area contributed by atoms with Gasteiger partial charge in [-0.05, 0) is 65.4 Å². The molecule has 0 bridgehead atoms. The SMILES string of the molecule is Nc1cc(C(=O)C2=CCCCC2)ccc1Br. The minimum absolute atomic E-state index is 0.124. The second-order valence-corrected chi connectivity index (χ2v) is 4.89. The van der Waals surface area contributed by atoms with Crippen LogP contribution in [-0.2, 0) is 0 Å². The standard InChI is InChI=1S/C13H14BrNO/c14-11-7-6-10(8-12(11)15)13(16)9-4-2-1-3-5-9/h4,6-8H,1-3,5,15H2. The molecule has 0 saturated heterocycles. The monoisotopic (exact) mass is 279 g/mol. The Morgan fingerprint density at radius 2 is 2.12 bits per heavy atom. The average Bonchev–Trinajstić information content (AvgIpc) is 2.33. The summed E-state index contributed by atoms with van der Waals surface area (Å²) in [6, 6.07) is 5.38. The molecule has 84 valence electrons. The van der Waals surface area contributed by atoms with Gasteiger partial charge in [0.05, 0.1) is 0 Å². The first-order chi connectivity index (χ1) is 7.68. The van der Waals surface area contributed by atoms with Crippen molar-refractivity contribution in [3.8, 4) is 0 Å². The molecule has 0 heterocycles. The fourth-order valence-corrected chi connectivity index (χ4v) is 2.16. The van der Waals surface area contributed by atoms with Crippen molar-refractivity contribution in [2.75, 3.05) is 5.73 Å². The smallest absolute Gasteiger partial charge is 0.188 e. The number of nitrogens with two attached hydrogens (primary N) is 1. The summed E-state index contributed by atoms with van der Waals surface area (Å²) < 4.78 is 0.835. The van der Waals surface area contributed by atoms with E-state index in [4.69, 9.17) is 5.73 Å². The summed E-state index contributed by atoms with van der Waals surface area (Å²) >= 11 is 3.32. The predicted octanol–water partition coefficient (Wildman–Crippen LogP) is 3.71. The van der Waals surface area contributed by atoms with E-state index < -0.39 is 0 Å². The molecule has 16 heavy (non-hydrogen) atoms. The van der Waals surface area contributed by atoms with E-state index in [2.05, 4.69) is 22.0 Å². The van der Waals surface area contributed by atoms with Gasteiger partial charge >= 0.3 is 0 Å². The Morgan fingerprint density at radius 1 is 1.31 bits per heavy atom. The minimum atomic E-state index is 0.124. The first-order valence-electron chi connectivity index (χ1n) is 5.47. The third-order valence-corrected chi connectivity index (χ3v) is 3.56. The molecule has 1 aromatic rings. The van der Waals surface area contributed by atoms with Crippen molar-refractivity contribution >= 4 is 27.4 Å². The Balaban J connectivity index is 2.26. The number of hydrogen-bond donors (Lipinski definition) is 1. The normalized spacial score (nSPS) is 15.7. The highest BCUT2D eigenvalue weighted by molar-refractivity contribution is 9.10. The van der Waals surface area contributed by atoms with Gasteiger partial charge in [0.25, 0.3) is 0 Å². The quantitative estimate of drug-likeness (QED) is 0.662. The second-order valence-electron chi connectivity index (χ2n) is 4.04. The largest absolute Gasteiger partial charge is 0.398 e. The number of benzene rings is 1. The van der Waals surface area contributed by atoms with Crippen LogP contribution in [0.2, 0.25) is 0 Å². The molecule has 0 amide bonds. The van der Waals surface area contributed by atoms with Crippen LogP contribution in [0.5, 0.6) is 0 Å². The highest BCUT2D eigenvalue weighted by atomic mass is 79.9. The lowest BCUT2D eigenvalue weighted by atomic mass is 9.93. The van der Waals surface area contributed by atoms with Gasteiger partial charge in [-0.1, -0.05) is 6.08 Å². The van der Waals surface area contributed by atoms with Gasteiger partial charge in [-0.15, -0.1) is 0 Å². The van der Waals surface area contributed by atoms with E-state index in [-0.39, 0.29) is 5.78 Å². The molecule has 0 radical (unpaired) electrons. The summed E-state index contributed by atoms with van der Waals surface area (Å²) in [4.78, 5) is 12.1. The first-order valence-corrected chi connectivity index (χ1v) is 6.26. The zero-order chi connectivity index (χ0) is 11.5. The molecule has 0 aliphatic heterocycles. The summed E-state index contributed by atoms with van der Waals surface area (Å²) in [6.45, 7) is 0. The Hall–Kier alpha value is -1.09. The second kappa shape index (κ2) is 4.83. The molecular formula is C13H14BrNO. The first kappa shape index (κ1) is 11.4. The number of Topliss-reactive ketones (excluding diaryl/α,β-unsaturated/α-hetero) is 1. The van der Waals surface area contributed by atoms with Crippen molar-refractivity contribution in [2.24, 2.45) is 0 Å². The fourth-order valence-electron chi connectivity index (χ4n) is 1.91. The van der Waals surface area contributed by atoms with Crippen molar-refractivity contribution < 1.29 is 4.79 Å². The van der Waals surface area contributed by atoms with Crippen LogP contribution in [0.15, 0.2) is 34.3 Å². The predicted molar refractivity (Wildman–Crippen MR) is 69.4 cm³/mol. The van der Waals surface area contributed by atoms with Crippen molar-refractivity contribution in [3.63, 3.8) is 0 Å². The molecule has 0 aromatic heterocycles. The molecule has 0 saturated carbocycles. The molecule has 0 spiro atoms. The average molecular weight is 280 g/mol. The highest BCUT2D eigenvalue weighted by Crippen LogP contribution is 2.25. The van der Waals surface area contributed by atoms with Crippen LogP contribution in [-0.4, -0.2) is 5.78 Å². The Morgan fingerprint density at radius 3 is 2.75 bits per heavy atom. The van der Waals surface area contributed by atoms with Gasteiger partial charge in [0.2, 0.25) is 0 Å². The molecule has 0 atom stereocenters. The Labute approximate surface area is 104 Å². The summed E-state index contributed by atoms with van der Waals surface area (Å²) in [5.41, 5.74) is 8.01. The lowest BCUT2D eigenvalue weighted by molar-refractivity contribution is 0.102. The molecule has 2 rings (SSSR count). The third kappa shape index (κ3) is 2.35. The van der Waals surface area contributed by atoms with Crippen molar-refractivity contribution in [3.05, 3.63) is 39.9 Å². The number of nitrogen functional groups attached to an aromatic ring is 1. The highest BCUT2D eigenvalue weighted by Gasteiger charge is 2.14. The van der Waals surface area contributed by atoms with Gasteiger partial charge in [-0.3, -0.25) is 4.79 Å². The Kier molecular flexibility index (Phi) is 3.44. The maximum atomic E-state index is 12.1. The number of halogens is 1. The third-order valence-electron chi connectivity index (χ3n) is 2.84. The molecule has 2 N–H and O–H groups in total. The number of allylic oxidation sites excluding steroid dienone is 2. The van der Waals surface area contributed by atoms with E-state index in [1.807, 2.05) is 12.1 Å². The van der Waals surface area contributed by atoms with Crippen molar-refractivity contribution in [1.29, 1.82) is 0 Å². The number of rotatable bonds is 2. The number of carbonyl (C=O) groups is 1. The van der Waals surface area contributed by atoms with Gasteiger partial charge in [-0.2, -0.15) is 0 Å². The number of carbonyl (C=O) groups excluding carboxylic acids is 1. The van der Waals surface area contributed by atoms with Crippen LogP contribution in [0.3, 0.4) is 0 Å². The van der Waals surface area contributed by atoms with Gasteiger partial charge in [-0.25, -0.2) is 0 Å². The van der Waals surface area contributed by atoms with Crippen LogP contribution in [0.1, 0.15) is 36.0 Å². The van der Waals surface area contributed by atoms with E-state index in [0.717, 1.165) is 29.3 Å². The van der Waals surface area contributed by atoms with E-state index in [9.17, 15) is 4.79 Å². The van der Waals surface area contributed by atoms with E-state index >= 15 is 0 Å². The summed E-state index contributed by atoms with van der Waals surface area (Å²) in [6.07, 6.45) is 6.29. The topological polar surface area (TPSA) is 43.1 Å². The lowest BCUT2D eigenvalue weighted by Crippen LogP contribution is -2.07. The lowest BCUT2D eigenvalue weighted by Gasteiger charge is -2.12. The summed E-state index contributed by atoms with van der Waals surface area (Å²) in [5.74, 6) is 0.124. The van der Waals surface area contributed by atoms with Crippen LogP contribution in [0, 0.1) is 0 Å². The van der Waals surface area contributed by atoms with E-state index in [1.54, 1.807) is 6.07 Å². The molecule has 1 aliphatic rings. The zero-order valence-corrected chi connectivity index (χ0v) is 10.6. The van der Waals surface area contributed by atoms with Crippen molar-refractivity contribution in [1.82, 2.24) is 0 Å². The Bertz CT molecular complexity index is 451. The van der Waals surface area contributed by atoms with Gasteiger partial charge < -0.3 is 5.73 Å². The molecule has 1 aliphatic carbocycles. The maximum Gasteiger partial charge on any atom is 0.188 e. The van der Waals surface area contributed by atoms with Crippen LogP contribution in [0.25, 0.3) is 0 Å². The molecule has 0 unspecified atom stereocenters. The molecular weight excluding hydrogens is 266 g/mol. The molecule has 0 fully saturated rings. The van der Waals surface area contributed by atoms with Crippen molar-refractivity contribution in [2.45, 2.75) is 25.7 Å². The summed E-state index contributed by atoms with van der Waals surface area (Å²) in [5, 5.41) is 0. The maximum absolute atomic E-state index is 12.1. The minimum Gasteiger partial charge on any atom is -0.398 e.